The Hall–Kier alpha value is -2.61. The molecule has 1 aromatic carbocycles. The van der Waals surface area contributed by atoms with Gasteiger partial charge in [-0.3, -0.25) is 14.5 Å². The summed E-state index contributed by atoms with van der Waals surface area (Å²) in [5, 5.41) is 13.7. The summed E-state index contributed by atoms with van der Waals surface area (Å²) >= 11 is 6.05. The summed E-state index contributed by atoms with van der Waals surface area (Å²) in [6.07, 6.45) is 1.80. The molecule has 2 aromatic rings. The van der Waals surface area contributed by atoms with E-state index in [1.807, 2.05) is 20.0 Å². The molecule has 2 rings (SSSR count). The van der Waals surface area contributed by atoms with E-state index >= 15 is 0 Å². The molecule has 9 heteroatoms. The minimum Gasteiger partial charge on any atom is -0.356 e. The van der Waals surface area contributed by atoms with Crippen molar-refractivity contribution >= 4 is 29.2 Å². The Balaban J connectivity index is 1.75. The summed E-state index contributed by atoms with van der Waals surface area (Å²) in [5.74, 6) is 1.29. The van der Waals surface area contributed by atoms with Gasteiger partial charge in [0.15, 0.2) is 5.96 Å². The number of carbonyl (C=O) groups is 1. The molecule has 0 aliphatic rings. The number of aromatic nitrogens is 3. The van der Waals surface area contributed by atoms with E-state index in [1.165, 1.54) is 6.33 Å². The fourth-order valence-corrected chi connectivity index (χ4v) is 2.29. The zero-order chi connectivity index (χ0) is 18.2. The third-order valence-corrected chi connectivity index (χ3v) is 4.04. The van der Waals surface area contributed by atoms with E-state index in [-0.39, 0.29) is 5.91 Å². The third kappa shape index (κ3) is 5.46. The van der Waals surface area contributed by atoms with Crippen LogP contribution in [0.1, 0.15) is 17.8 Å². The second-order valence-electron chi connectivity index (χ2n) is 5.36. The molecule has 134 valence electrons. The highest BCUT2D eigenvalue weighted by Crippen LogP contribution is 2.22. The quantitative estimate of drug-likeness (QED) is 0.533. The van der Waals surface area contributed by atoms with Crippen molar-refractivity contribution in [2.75, 3.05) is 18.9 Å². The smallest absolute Gasteiger partial charge is 0.226 e. The van der Waals surface area contributed by atoms with Gasteiger partial charge in [0.2, 0.25) is 5.91 Å². The molecule has 1 aromatic heterocycles. The number of anilines is 1. The number of nitrogens with zero attached hydrogens (tertiary/aromatic N) is 4. The van der Waals surface area contributed by atoms with Gasteiger partial charge >= 0.3 is 0 Å². The highest BCUT2D eigenvalue weighted by atomic mass is 35.5. The van der Waals surface area contributed by atoms with Crippen molar-refractivity contribution in [3.05, 3.63) is 40.9 Å². The van der Waals surface area contributed by atoms with Gasteiger partial charge in [-0.1, -0.05) is 17.7 Å². The van der Waals surface area contributed by atoms with Crippen LogP contribution in [-0.4, -0.2) is 40.2 Å². The molecule has 0 aliphatic heterocycles. The molecule has 1 amide bonds. The Bertz CT molecular complexity index is 757. The Morgan fingerprint density at radius 2 is 2.16 bits per heavy atom. The van der Waals surface area contributed by atoms with E-state index in [2.05, 4.69) is 31.0 Å². The lowest BCUT2D eigenvalue weighted by Crippen LogP contribution is -2.38. The van der Waals surface area contributed by atoms with E-state index < -0.39 is 0 Å². The lowest BCUT2D eigenvalue weighted by atomic mass is 10.2. The van der Waals surface area contributed by atoms with Crippen LogP contribution in [0.25, 0.3) is 0 Å². The largest absolute Gasteiger partial charge is 0.356 e. The average Bonchev–Trinajstić information content (AvgIpc) is 3.00. The first-order valence-electron chi connectivity index (χ1n) is 7.83. The molecule has 0 fully saturated rings. The normalized spacial score (nSPS) is 11.3. The first-order valence-corrected chi connectivity index (χ1v) is 8.21. The van der Waals surface area contributed by atoms with Gasteiger partial charge in [-0.2, -0.15) is 5.10 Å². The molecule has 0 aliphatic carbocycles. The molecule has 0 radical (unpaired) electrons. The Kier molecular flexibility index (Phi) is 6.76. The number of carbonyl (C=O) groups excluding carboxylic acids is 1. The maximum absolute atomic E-state index is 12.1. The molecule has 0 saturated carbocycles. The minimum atomic E-state index is -0.0957. The molecule has 25 heavy (non-hydrogen) atoms. The summed E-state index contributed by atoms with van der Waals surface area (Å²) < 4.78 is 1.68. The maximum Gasteiger partial charge on any atom is 0.226 e. The van der Waals surface area contributed by atoms with Crippen LogP contribution in [0.15, 0.2) is 29.5 Å². The zero-order valence-corrected chi connectivity index (χ0v) is 15.3. The zero-order valence-electron chi connectivity index (χ0n) is 14.5. The highest BCUT2D eigenvalue weighted by molar-refractivity contribution is 6.31. The first kappa shape index (κ1) is 18.7. The van der Waals surface area contributed by atoms with Gasteiger partial charge in [-0.25, -0.2) is 4.98 Å². The van der Waals surface area contributed by atoms with Crippen molar-refractivity contribution in [1.29, 1.82) is 0 Å². The number of rotatable bonds is 6. The number of halogens is 1. The molecule has 0 spiro atoms. The number of benzene rings is 1. The molecular formula is C16H22ClN7O. The van der Waals surface area contributed by atoms with Crippen LogP contribution in [0, 0.1) is 6.92 Å². The first-order chi connectivity index (χ1) is 12.0. The van der Waals surface area contributed by atoms with Crippen LogP contribution in [0.4, 0.5) is 5.69 Å². The molecule has 1 heterocycles. The third-order valence-electron chi connectivity index (χ3n) is 3.63. The van der Waals surface area contributed by atoms with Crippen molar-refractivity contribution in [3.8, 4) is 0 Å². The van der Waals surface area contributed by atoms with Crippen molar-refractivity contribution < 1.29 is 4.79 Å². The highest BCUT2D eigenvalue weighted by Gasteiger charge is 2.07. The van der Waals surface area contributed by atoms with Gasteiger partial charge in [-0.05, 0) is 24.6 Å². The maximum atomic E-state index is 12.1. The molecule has 0 bridgehead atoms. The number of aliphatic imine (C=N–C) groups is 1. The second-order valence-corrected chi connectivity index (χ2v) is 5.77. The Labute approximate surface area is 151 Å². The van der Waals surface area contributed by atoms with Gasteiger partial charge in [0.1, 0.15) is 12.2 Å². The van der Waals surface area contributed by atoms with Crippen LogP contribution in [-0.2, 0) is 18.4 Å². The molecular weight excluding hydrogens is 342 g/mol. The van der Waals surface area contributed by atoms with Crippen LogP contribution in [0.3, 0.4) is 0 Å². The van der Waals surface area contributed by atoms with E-state index in [0.29, 0.717) is 30.5 Å². The number of hydrogen-bond donors (Lipinski definition) is 3. The van der Waals surface area contributed by atoms with Gasteiger partial charge in [0, 0.05) is 37.8 Å². The molecule has 0 unspecified atom stereocenters. The monoisotopic (exact) mass is 363 g/mol. The predicted octanol–water partition coefficient (Wildman–Crippen LogP) is 1.47. The van der Waals surface area contributed by atoms with E-state index in [0.717, 1.165) is 17.1 Å². The lowest BCUT2D eigenvalue weighted by Gasteiger charge is -2.12. The summed E-state index contributed by atoms with van der Waals surface area (Å²) in [5.41, 5.74) is 1.58. The minimum absolute atomic E-state index is 0.0957. The topological polar surface area (TPSA) is 96.2 Å². The SMILES string of the molecule is CN=C(NCCC(=O)Nc1cccc(Cl)c1C)NCc1ncnn1C. The standard InChI is InChI=1S/C16H22ClN7O/c1-11-12(17)5-4-6-13(11)23-15(25)7-8-19-16(18-2)20-9-14-21-10-22-24(14)3/h4-6,10H,7-9H2,1-3H3,(H,23,25)(H2,18,19,20). The van der Waals surface area contributed by atoms with Crippen molar-refractivity contribution in [2.24, 2.45) is 12.0 Å². The molecule has 3 N–H and O–H groups in total. The van der Waals surface area contributed by atoms with Crippen LogP contribution in [0.5, 0.6) is 0 Å². The number of nitrogens with one attached hydrogen (secondary N) is 3. The van der Waals surface area contributed by atoms with Crippen LogP contribution < -0.4 is 16.0 Å². The molecule has 0 saturated heterocycles. The summed E-state index contributed by atoms with van der Waals surface area (Å²) in [7, 11) is 3.49. The predicted molar refractivity (Wildman–Crippen MR) is 98.6 cm³/mol. The summed E-state index contributed by atoms with van der Waals surface area (Å²) in [6, 6.07) is 5.43. The second kappa shape index (κ2) is 9.03. The number of guanidine groups is 1. The fraction of sp³-hybridized carbons (Fsp3) is 0.375. The lowest BCUT2D eigenvalue weighted by molar-refractivity contribution is -0.116. The van der Waals surface area contributed by atoms with Crippen molar-refractivity contribution in [2.45, 2.75) is 19.9 Å². The average molecular weight is 364 g/mol. The Morgan fingerprint density at radius 3 is 2.84 bits per heavy atom. The number of aryl methyl sites for hydroxylation is 1. The number of hydrogen-bond acceptors (Lipinski definition) is 4. The van der Waals surface area contributed by atoms with Crippen LogP contribution in [0.2, 0.25) is 5.02 Å². The molecule has 0 atom stereocenters. The fourth-order valence-electron chi connectivity index (χ4n) is 2.11. The summed E-state index contributed by atoms with van der Waals surface area (Å²) in [4.78, 5) is 20.3. The molecule has 8 nitrogen and oxygen atoms in total. The van der Waals surface area contributed by atoms with Gasteiger partial charge in [0.05, 0.1) is 6.54 Å². The van der Waals surface area contributed by atoms with E-state index in [4.69, 9.17) is 11.6 Å². The van der Waals surface area contributed by atoms with Crippen molar-refractivity contribution in [1.82, 2.24) is 25.4 Å². The number of amides is 1. The van der Waals surface area contributed by atoms with Crippen LogP contribution >= 0.6 is 11.6 Å². The van der Waals surface area contributed by atoms with E-state index in [9.17, 15) is 4.79 Å². The van der Waals surface area contributed by atoms with Gasteiger partial charge in [-0.15, -0.1) is 0 Å². The van der Waals surface area contributed by atoms with Crippen molar-refractivity contribution in [3.63, 3.8) is 0 Å². The van der Waals surface area contributed by atoms with Gasteiger partial charge < -0.3 is 16.0 Å². The Morgan fingerprint density at radius 1 is 1.36 bits per heavy atom. The summed E-state index contributed by atoms with van der Waals surface area (Å²) in [6.45, 7) is 2.81. The van der Waals surface area contributed by atoms with E-state index in [1.54, 1.807) is 23.9 Å². The van der Waals surface area contributed by atoms with Gasteiger partial charge in [0.25, 0.3) is 0 Å².